The number of aryl methyl sites for hydroxylation is 2. The summed E-state index contributed by atoms with van der Waals surface area (Å²) in [5, 5.41) is 3.52. The van der Waals surface area contributed by atoms with Crippen LogP contribution >= 0.6 is 0 Å². The third-order valence-electron chi connectivity index (χ3n) is 3.02. The fraction of sp³-hybridized carbons (Fsp3) is 0.500. The molecular formula is C16H23N. The Kier molecular flexibility index (Phi) is 5.80. The molecule has 1 unspecified atom stereocenters. The zero-order valence-electron chi connectivity index (χ0n) is 11.2. The SMILES string of the molecule is C#CCC(Cc1cc(C)ccc1C)NCCC. The van der Waals surface area contributed by atoms with E-state index >= 15 is 0 Å². The lowest BCUT2D eigenvalue weighted by molar-refractivity contribution is 0.516. The van der Waals surface area contributed by atoms with Crippen molar-refractivity contribution in [2.24, 2.45) is 0 Å². The van der Waals surface area contributed by atoms with Gasteiger partial charge in [0.05, 0.1) is 0 Å². The summed E-state index contributed by atoms with van der Waals surface area (Å²) in [6.45, 7) is 7.52. The fourth-order valence-corrected chi connectivity index (χ4v) is 1.99. The van der Waals surface area contributed by atoms with Crippen molar-refractivity contribution in [2.45, 2.75) is 46.1 Å². The third-order valence-corrected chi connectivity index (χ3v) is 3.02. The quantitative estimate of drug-likeness (QED) is 0.738. The van der Waals surface area contributed by atoms with Gasteiger partial charge < -0.3 is 5.32 Å². The molecule has 0 fully saturated rings. The lowest BCUT2D eigenvalue weighted by atomic mass is 9.97. The molecule has 0 radical (unpaired) electrons. The molecule has 0 amide bonds. The number of nitrogens with one attached hydrogen (secondary N) is 1. The molecule has 17 heavy (non-hydrogen) atoms. The summed E-state index contributed by atoms with van der Waals surface area (Å²) in [6, 6.07) is 7.03. The molecule has 1 nitrogen and oxygen atoms in total. The Morgan fingerprint density at radius 2 is 2.12 bits per heavy atom. The van der Waals surface area contributed by atoms with Crippen molar-refractivity contribution in [3.8, 4) is 12.3 Å². The van der Waals surface area contributed by atoms with Crippen molar-refractivity contribution >= 4 is 0 Å². The molecule has 0 saturated carbocycles. The molecule has 0 bridgehead atoms. The molecule has 0 heterocycles. The van der Waals surface area contributed by atoms with Crippen molar-refractivity contribution in [1.29, 1.82) is 0 Å². The number of terminal acetylenes is 1. The molecule has 1 atom stereocenters. The van der Waals surface area contributed by atoms with Gasteiger partial charge in [-0.1, -0.05) is 30.7 Å². The van der Waals surface area contributed by atoms with Crippen LogP contribution in [0.15, 0.2) is 18.2 Å². The average Bonchev–Trinajstić information content (AvgIpc) is 2.31. The number of benzene rings is 1. The maximum Gasteiger partial charge on any atom is 0.0243 e. The molecule has 1 aromatic carbocycles. The van der Waals surface area contributed by atoms with E-state index in [2.05, 4.69) is 50.2 Å². The van der Waals surface area contributed by atoms with Gasteiger partial charge in [0.2, 0.25) is 0 Å². The summed E-state index contributed by atoms with van der Waals surface area (Å²) >= 11 is 0. The van der Waals surface area contributed by atoms with Crippen molar-refractivity contribution in [3.63, 3.8) is 0 Å². The minimum atomic E-state index is 0.403. The molecule has 0 spiro atoms. The molecule has 0 aliphatic carbocycles. The van der Waals surface area contributed by atoms with E-state index < -0.39 is 0 Å². The smallest absolute Gasteiger partial charge is 0.0243 e. The van der Waals surface area contributed by atoms with Crippen LogP contribution in [0.3, 0.4) is 0 Å². The monoisotopic (exact) mass is 229 g/mol. The van der Waals surface area contributed by atoms with Crippen molar-refractivity contribution in [3.05, 3.63) is 34.9 Å². The van der Waals surface area contributed by atoms with Gasteiger partial charge in [0.25, 0.3) is 0 Å². The summed E-state index contributed by atoms with van der Waals surface area (Å²) in [5.74, 6) is 2.77. The molecule has 1 heteroatoms. The highest BCUT2D eigenvalue weighted by molar-refractivity contribution is 5.31. The lowest BCUT2D eigenvalue weighted by Gasteiger charge is -2.17. The van der Waals surface area contributed by atoms with Crippen LogP contribution in [0, 0.1) is 26.2 Å². The lowest BCUT2D eigenvalue weighted by Crippen LogP contribution is -2.31. The molecule has 0 aliphatic rings. The van der Waals surface area contributed by atoms with Crippen molar-refractivity contribution in [2.75, 3.05) is 6.54 Å². The molecule has 1 aromatic rings. The minimum absolute atomic E-state index is 0.403. The zero-order valence-corrected chi connectivity index (χ0v) is 11.2. The van der Waals surface area contributed by atoms with E-state index in [1.807, 2.05) is 0 Å². The Morgan fingerprint density at radius 3 is 2.76 bits per heavy atom. The second-order valence-electron chi connectivity index (χ2n) is 4.69. The van der Waals surface area contributed by atoms with Crippen LogP contribution in [0.2, 0.25) is 0 Å². The van der Waals surface area contributed by atoms with Gasteiger partial charge in [0, 0.05) is 12.5 Å². The standard InChI is InChI=1S/C16H23N/c1-5-7-16(17-10-6-2)12-15-11-13(3)8-9-14(15)4/h1,8-9,11,16-17H,6-7,10,12H2,2-4H3. The summed E-state index contributed by atoms with van der Waals surface area (Å²) in [5.41, 5.74) is 4.09. The third kappa shape index (κ3) is 4.63. The summed E-state index contributed by atoms with van der Waals surface area (Å²) in [7, 11) is 0. The van der Waals surface area contributed by atoms with E-state index in [1.165, 1.54) is 16.7 Å². The highest BCUT2D eigenvalue weighted by Gasteiger charge is 2.09. The van der Waals surface area contributed by atoms with E-state index in [0.717, 1.165) is 25.8 Å². The van der Waals surface area contributed by atoms with Gasteiger partial charge in [-0.2, -0.15) is 0 Å². The predicted molar refractivity (Wildman–Crippen MR) is 75.2 cm³/mol. The van der Waals surface area contributed by atoms with Gasteiger partial charge in [0.15, 0.2) is 0 Å². The fourth-order valence-electron chi connectivity index (χ4n) is 1.99. The van der Waals surface area contributed by atoms with Crippen molar-refractivity contribution in [1.82, 2.24) is 5.32 Å². The van der Waals surface area contributed by atoms with Gasteiger partial charge in [0.1, 0.15) is 0 Å². The Bertz CT molecular complexity index is 387. The second kappa shape index (κ2) is 7.14. The van der Waals surface area contributed by atoms with Crippen LogP contribution in [0.1, 0.15) is 36.5 Å². The van der Waals surface area contributed by atoms with Gasteiger partial charge in [-0.3, -0.25) is 0 Å². The van der Waals surface area contributed by atoms with E-state index in [0.29, 0.717) is 6.04 Å². The zero-order chi connectivity index (χ0) is 12.7. The largest absolute Gasteiger partial charge is 0.313 e. The molecule has 1 rings (SSSR count). The molecule has 0 aromatic heterocycles. The van der Waals surface area contributed by atoms with E-state index in [4.69, 9.17) is 6.42 Å². The summed E-state index contributed by atoms with van der Waals surface area (Å²) < 4.78 is 0. The van der Waals surface area contributed by atoms with Crippen LogP contribution in [0.25, 0.3) is 0 Å². The first-order valence-electron chi connectivity index (χ1n) is 6.40. The van der Waals surface area contributed by atoms with E-state index in [9.17, 15) is 0 Å². The predicted octanol–water partition coefficient (Wildman–Crippen LogP) is 3.24. The molecule has 1 N–H and O–H groups in total. The van der Waals surface area contributed by atoms with Gasteiger partial charge in [-0.15, -0.1) is 12.3 Å². The molecule has 0 saturated heterocycles. The number of hydrogen-bond donors (Lipinski definition) is 1. The van der Waals surface area contributed by atoms with Crippen LogP contribution in [-0.2, 0) is 6.42 Å². The molecule has 92 valence electrons. The minimum Gasteiger partial charge on any atom is -0.313 e. The Morgan fingerprint density at radius 1 is 1.35 bits per heavy atom. The number of hydrogen-bond acceptors (Lipinski definition) is 1. The van der Waals surface area contributed by atoms with Crippen LogP contribution < -0.4 is 5.32 Å². The maximum atomic E-state index is 5.43. The maximum absolute atomic E-state index is 5.43. The summed E-state index contributed by atoms with van der Waals surface area (Å²) in [6.07, 6.45) is 8.40. The Hall–Kier alpha value is -1.26. The first kappa shape index (κ1) is 13.8. The first-order valence-corrected chi connectivity index (χ1v) is 6.40. The summed E-state index contributed by atoms with van der Waals surface area (Å²) in [4.78, 5) is 0. The average molecular weight is 229 g/mol. The van der Waals surface area contributed by atoms with Gasteiger partial charge in [-0.05, 0) is 44.4 Å². The molecule has 0 aliphatic heterocycles. The van der Waals surface area contributed by atoms with Crippen LogP contribution in [0.5, 0.6) is 0 Å². The topological polar surface area (TPSA) is 12.0 Å². The second-order valence-corrected chi connectivity index (χ2v) is 4.69. The highest BCUT2D eigenvalue weighted by atomic mass is 14.9. The Balaban J connectivity index is 2.71. The van der Waals surface area contributed by atoms with Crippen molar-refractivity contribution < 1.29 is 0 Å². The highest BCUT2D eigenvalue weighted by Crippen LogP contribution is 2.14. The first-order chi connectivity index (χ1) is 8.17. The number of rotatable bonds is 6. The van der Waals surface area contributed by atoms with Gasteiger partial charge in [-0.25, -0.2) is 0 Å². The van der Waals surface area contributed by atoms with E-state index in [-0.39, 0.29) is 0 Å². The molecular weight excluding hydrogens is 206 g/mol. The Labute approximate surface area is 106 Å². The van der Waals surface area contributed by atoms with Crippen LogP contribution in [0.4, 0.5) is 0 Å². The van der Waals surface area contributed by atoms with Gasteiger partial charge >= 0.3 is 0 Å². The van der Waals surface area contributed by atoms with E-state index in [1.54, 1.807) is 0 Å². The normalized spacial score (nSPS) is 12.1. The van der Waals surface area contributed by atoms with Crippen LogP contribution in [-0.4, -0.2) is 12.6 Å².